The number of anilines is 1. The van der Waals surface area contributed by atoms with Crippen molar-refractivity contribution in [2.24, 2.45) is 0 Å². The van der Waals surface area contributed by atoms with E-state index in [0.29, 0.717) is 5.82 Å². The molecule has 24 heavy (non-hydrogen) atoms. The van der Waals surface area contributed by atoms with Crippen LogP contribution in [0.3, 0.4) is 0 Å². The Balaban J connectivity index is 1.48. The van der Waals surface area contributed by atoms with Crippen molar-refractivity contribution in [3.05, 3.63) is 23.2 Å². The molecular formula is C20H32N4. The van der Waals surface area contributed by atoms with Gasteiger partial charge in [0.1, 0.15) is 11.6 Å². The van der Waals surface area contributed by atoms with Crippen LogP contribution in [0.5, 0.6) is 0 Å². The van der Waals surface area contributed by atoms with Gasteiger partial charge in [0.2, 0.25) is 0 Å². The van der Waals surface area contributed by atoms with E-state index in [1.54, 1.807) is 0 Å². The van der Waals surface area contributed by atoms with Gasteiger partial charge in [-0.25, -0.2) is 9.97 Å². The minimum atomic E-state index is 0.700. The van der Waals surface area contributed by atoms with Crippen LogP contribution in [0, 0.1) is 0 Å². The molecule has 3 rings (SSSR count). The van der Waals surface area contributed by atoms with Crippen molar-refractivity contribution in [1.82, 2.24) is 14.9 Å². The fourth-order valence-electron chi connectivity index (χ4n) is 3.84. The van der Waals surface area contributed by atoms with Gasteiger partial charge in [-0.15, -0.1) is 0 Å². The number of rotatable bonds is 9. The van der Waals surface area contributed by atoms with Crippen LogP contribution >= 0.6 is 0 Å². The summed E-state index contributed by atoms with van der Waals surface area (Å²) in [5, 5.41) is 0. The molecule has 1 fully saturated rings. The summed E-state index contributed by atoms with van der Waals surface area (Å²) in [6.07, 6.45) is 14.3. The number of nitrogen functional groups attached to an aromatic ring is 1. The summed E-state index contributed by atoms with van der Waals surface area (Å²) in [4.78, 5) is 11.9. The highest BCUT2D eigenvalue weighted by Gasteiger charge is 2.20. The van der Waals surface area contributed by atoms with Gasteiger partial charge in [0, 0.05) is 12.0 Å². The number of nitrogens with zero attached hydrogens (tertiary/aromatic N) is 3. The van der Waals surface area contributed by atoms with Gasteiger partial charge in [-0.2, -0.15) is 0 Å². The summed E-state index contributed by atoms with van der Waals surface area (Å²) in [7, 11) is 0. The van der Waals surface area contributed by atoms with Crippen molar-refractivity contribution < 1.29 is 0 Å². The number of allylic oxidation sites excluding steroid dienone is 2. The molecule has 132 valence electrons. The molecule has 1 aliphatic heterocycles. The Hall–Kier alpha value is -1.42. The Labute approximate surface area is 146 Å². The van der Waals surface area contributed by atoms with Gasteiger partial charge in [-0.3, -0.25) is 0 Å². The molecule has 2 N–H and O–H groups in total. The maximum absolute atomic E-state index is 6.16. The SMILES string of the molecule is CCCCc1nc(N)c2c(n1)C(CCCCCN1CCCC1)=CC2. The largest absolute Gasteiger partial charge is 0.383 e. The maximum atomic E-state index is 6.16. The van der Waals surface area contributed by atoms with Crippen molar-refractivity contribution in [3.8, 4) is 0 Å². The molecule has 0 aromatic carbocycles. The van der Waals surface area contributed by atoms with Crippen molar-refractivity contribution in [2.75, 3.05) is 25.4 Å². The minimum Gasteiger partial charge on any atom is -0.383 e. The molecule has 1 saturated heterocycles. The first kappa shape index (κ1) is 17.4. The first-order valence-corrected chi connectivity index (χ1v) is 9.85. The summed E-state index contributed by atoms with van der Waals surface area (Å²) < 4.78 is 0. The quantitative estimate of drug-likeness (QED) is 0.696. The highest BCUT2D eigenvalue weighted by Crippen LogP contribution is 2.32. The predicted octanol–water partition coefficient (Wildman–Crippen LogP) is 4.00. The van der Waals surface area contributed by atoms with Crippen LogP contribution in [0.25, 0.3) is 5.57 Å². The van der Waals surface area contributed by atoms with E-state index in [4.69, 9.17) is 10.7 Å². The third kappa shape index (κ3) is 4.35. The molecule has 1 aromatic heterocycles. The lowest BCUT2D eigenvalue weighted by molar-refractivity contribution is 0.329. The molecular weight excluding hydrogens is 296 g/mol. The summed E-state index contributed by atoms with van der Waals surface area (Å²) in [6.45, 7) is 6.11. The van der Waals surface area contributed by atoms with E-state index < -0.39 is 0 Å². The second-order valence-corrected chi connectivity index (χ2v) is 7.25. The van der Waals surface area contributed by atoms with Crippen LogP contribution in [0.4, 0.5) is 5.82 Å². The molecule has 1 aliphatic carbocycles. The summed E-state index contributed by atoms with van der Waals surface area (Å²) >= 11 is 0. The molecule has 0 radical (unpaired) electrons. The molecule has 0 saturated carbocycles. The second-order valence-electron chi connectivity index (χ2n) is 7.25. The molecule has 0 bridgehead atoms. The first-order chi connectivity index (χ1) is 11.8. The van der Waals surface area contributed by atoms with Crippen molar-refractivity contribution in [1.29, 1.82) is 0 Å². The number of hydrogen-bond acceptors (Lipinski definition) is 4. The second kappa shape index (κ2) is 8.61. The van der Waals surface area contributed by atoms with Gasteiger partial charge < -0.3 is 10.6 Å². The summed E-state index contributed by atoms with van der Waals surface area (Å²) in [6, 6.07) is 0. The lowest BCUT2D eigenvalue weighted by Gasteiger charge is -2.14. The molecule has 2 aliphatic rings. The molecule has 0 unspecified atom stereocenters. The van der Waals surface area contributed by atoms with Gasteiger partial charge in [0.05, 0.1) is 5.69 Å². The topological polar surface area (TPSA) is 55.0 Å². The lowest BCUT2D eigenvalue weighted by Crippen LogP contribution is -2.20. The van der Waals surface area contributed by atoms with Gasteiger partial charge in [-0.05, 0) is 70.2 Å². The minimum absolute atomic E-state index is 0.700. The Kier molecular flexibility index (Phi) is 6.24. The number of nitrogens with two attached hydrogens (primary N) is 1. The maximum Gasteiger partial charge on any atom is 0.131 e. The zero-order chi connectivity index (χ0) is 16.8. The molecule has 0 spiro atoms. The fourth-order valence-corrected chi connectivity index (χ4v) is 3.84. The zero-order valence-corrected chi connectivity index (χ0v) is 15.2. The van der Waals surface area contributed by atoms with E-state index in [-0.39, 0.29) is 0 Å². The van der Waals surface area contributed by atoms with Crippen LogP contribution in [0.1, 0.15) is 75.4 Å². The monoisotopic (exact) mass is 328 g/mol. The Bertz CT molecular complexity index is 573. The normalized spacial score (nSPS) is 17.3. The van der Waals surface area contributed by atoms with E-state index in [1.165, 1.54) is 63.7 Å². The van der Waals surface area contributed by atoms with Crippen LogP contribution in [-0.4, -0.2) is 34.5 Å². The molecule has 4 heteroatoms. The van der Waals surface area contributed by atoms with Crippen molar-refractivity contribution >= 4 is 11.4 Å². The number of hydrogen-bond donors (Lipinski definition) is 1. The van der Waals surface area contributed by atoms with E-state index >= 15 is 0 Å². The van der Waals surface area contributed by atoms with Gasteiger partial charge >= 0.3 is 0 Å². The molecule has 0 atom stereocenters. The van der Waals surface area contributed by atoms with Gasteiger partial charge in [0.25, 0.3) is 0 Å². The standard InChI is InChI=1S/C20H32N4/c1-2-3-10-18-22-19-16(11-12-17(19)20(21)23-18)9-5-4-6-13-24-14-7-8-15-24/h11H,2-10,12-15H2,1H3,(H2,21,22,23). The molecule has 1 aromatic rings. The Morgan fingerprint density at radius 2 is 1.88 bits per heavy atom. The predicted molar refractivity (Wildman–Crippen MR) is 101 cm³/mol. The third-order valence-corrected chi connectivity index (χ3v) is 5.32. The van der Waals surface area contributed by atoms with Gasteiger partial charge in [-0.1, -0.05) is 25.8 Å². The van der Waals surface area contributed by atoms with Crippen molar-refractivity contribution in [2.45, 2.75) is 71.1 Å². The van der Waals surface area contributed by atoms with Crippen molar-refractivity contribution in [3.63, 3.8) is 0 Å². The van der Waals surface area contributed by atoms with E-state index in [2.05, 4.69) is 22.9 Å². The van der Waals surface area contributed by atoms with Crippen LogP contribution in [0.15, 0.2) is 6.08 Å². The number of aryl methyl sites for hydroxylation is 1. The Morgan fingerprint density at radius 3 is 2.67 bits per heavy atom. The first-order valence-electron chi connectivity index (χ1n) is 9.85. The summed E-state index contributed by atoms with van der Waals surface area (Å²) in [5.41, 5.74) is 9.87. The van der Waals surface area contributed by atoms with E-state index in [9.17, 15) is 0 Å². The molecule has 2 heterocycles. The highest BCUT2D eigenvalue weighted by molar-refractivity contribution is 5.73. The zero-order valence-electron chi connectivity index (χ0n) is 15.2. The number of unbranched alkanes of at least 4 members (excludes halogenated alkanes) is 3. The van der Waals surface area contributed by atoms with E-state index in [1.807, 2.05) is 0 Å². The number of fused-ring (bicyclic) bond motifs is 1. The average molecular weight is 329 g/mol. The van der Waals surface area contributed by atoms with Crippen LogP contribution in [-0.2, 0) is 12.8 Å². The Morgan fingerprint density at radius 1 is 1.04 bits per heavy atom. The fraction of sp³-hybridized carbons (Fsp3) is 0.700. The third-order valence-electron chi connectivity index (χ3n) is 5.32. The number of aromatic nitrogens is 2. The molecule has 0 amide bonds. The van der Waals surface area contributed by atoms with Crippen LogP contribution < -0.4 is 5.73 Å². The van der Waals surface area contributed by atoms with Gasteiger partial charge in [0.15, 0.2) is 0 Å². The average Bonchev–Trinajstić information content (AvgIpc) is 3.23. The number of likely N-dealkylation sites (tertiary alicyclic amines) is 1. The summed E-state index contributed by atoms with van der Waals surface area (Å²) in [5.74, 6) is 1.63. The van der Waals surface area contributed by atoms with Crippen LogP contribution in [0.2, 0.25) is 0 Å². The molecule has 4 nitrogen and oxygen atoms in total. The van der Waals surface area contributed by atoms with E-state index in [0.717, 1.165) is 42.8 Å². The smallest absolute Gasteiger partial charge is 0.131 e. The lowest BCUT2D eigenvalue weighted by atomic mass is 10.1. The highest BCUT2D eigenvalue weighted by atomic mass is 15.1.